The number of nitrogens with one attached hydrogen (secondary N) is 2. The van der Waals surface area contributed by atoms with Crippen LogP contribution in [0.5, 0.6) is 0 Å². The molecule has 0 spiro atoms. The molecule has 0 atom stereocenters. The smallest absolute Gasteiger partial charge is 0.410 e. The van der Waals surface area contributed by atoms with Crippen LogP contribution in [0.2, 0.25) is 0 Å². The molecule has 0 saturated carbocycles. The Labute approximate surface area is 238 Å². The summed E-state index contributed by atoms with van der Waals surface area (Å²) in [6.07, 6.45) is 4.43. The Balaban J connectivity index is 1.34. The normalized spacial score (nSPS) is 17.5. The van der Waals surface area contributed by atoms with Crippen LogP contribution in [-0.2, 0) is 24.8 Å². The lowest BCUT2D eigenvalue weighted by Crippen LogP contribution is -2.43. The number of anilines is 2. The third-order valence-electron chi connectivity index (χ3n) is 7.10. The van der Waals surface area contributed by atoms with Crippen LogP contribution in [0.15, 0.2) is 58.3 Å². The number of ether oxygens (including phenoxy) is 1. The molecule has 4 rings (SSSR count). The summed E-state index contributed by atoms with van der Waals surface area (Å²) in [5, 5.41) is 0. The van der Waals surface area contributed by atoms with E-state index in [1.54, 1.807) is 17.0 Å². The van der Waals surface area contributed by atoms with Gasteiger partial charge in [0.05, 0.1) is 9.79 Å². The largest absolute Gasteiger partial charge is 0.444 e. The molecule has 0 unspecified atom stereocenters. The lowest BCUT2D eigenvalue weighted by Gasteiger charge is -2.33. The topological polar surface area (TPSA) is 125 Å². The SMILES string of the molecule is CC(C)(C)OC(=O)N1CCC(CNS(=O)(=O)c2cccc(S(=O)(=O)Nc3ccc(N4CCCCC4)cc3)c2)CC1. The van der Waals surface area contributed by atoms with Gasteiger partial charge in [0.25, 0.3) is 10.0 Å². The summed E-state index contributed by atoms with van der Waals surface area (Å²) in [6, 6.07) is 12.6. The number of nitrogens with zero attached hydrogens (tertiary/aromatic N) is 2. The highest BCUT2D eigenvalue weighted by atomic mass is 32.2. The molecule has 2 saturated heterocycles. The van der Waals surface area contributed by atoms with Crippen molar-refractivity contribution in [3.05, 3.63) is 48.5 Å². The number of sulfonamides is 2. The van der Waals surface area contributed by atoms with Crippen LogP contribution in [0.4, 0.5) is 16.2 Å². The molecule has 10 nitrogen and oxygen atoms in total. The second-order valence-corrected chi connectivity index (χ2v) is 14.9. The van der Waals surface area contributed by atoms with E-state index in [1.807, 2.05) is 32.9 Å². The highest BCUT2D eigenvalue weighted by Crippen LogP contribution is 2.25. The Morgan fingerprint density at radius 3 is 2.08 bits per heavy atom. The number of benzene rings is 2. The van der Waals surface area contributed by atoms with Crippen molar-refractivity contribution in [2.24, 2.45) is 5.92 Å². The zero-order valence-corrected chi connectivity index (χ0v) is 25.1. The van der Waals surface area contributed by atoms with E-state index >= 15 is 0 Å². The quantitative estimate of drug-likeness (QED) is 0.465. The Kier molecular flexibility index (Phi) is 9.31. The molecule has 2 aromatic rings. The van der Waals surface area contributed by atoms with Gasteiger partial charge < -0.3 is 14.5 Å². The van der Waals surface area contributed by atoms with Gasteiger partial charge in [0.1, 0.15) is 5.60 Å². The molecule has 40 heavy (non-hydrogen) atoms. The highest BCUT2D eigenvalue weighted by molar-refractivity contribution is 7.93. The average Bonchev–Trinajstić information content (AvgIpc) is 2.92. The number of hydrogen-bond acceptors (Lipinski definition) is 7. The van der Waals surface area contributed by atoms with Gasteiger partial charge in [-0.1, -0.05) is 6.07 Å². The maximum atomic E-state index is 13.1. The molecular weight excluding hydrogens is 552 g/mol. The van der Waals surface area contributed by atoms with Crippen LogP contribution in [0.1, 0.15) is 52.9 Å². The molecule has 1 amide bonds. The van der Waals surface area contributed by atoms with Gasteiger partial charge >= 0.3 is 6.09 Å². The number of rotatable bonds is 8. The highest BCUT2D eigenvalue weighted by Gasteiger charge is 2.28. The average molecular weight is 593 g/mol. The lowest BCUT2D eigenvalue weighted by atomic mass is 9.97. The van der Waals surface area contributed by atoms with Crippen LogP contribution < -0.4 is 14.3 Å². The first kappa shape index (κ1) is 30.1. The first-order chi connectivity index (χ1) is 18.8. The zero-order valence-electron chi connectivity index (χ0n) is 23.4. The molecule has 2 aromatic carbocycles. The maximum Gasteiger partial charge on any atom is 0.410 e. The third-order valence-corrected chi connectivity index (χ3v) is 9.90. The van der Waals surface area contributed by atoms with E-state index in [0.717, 1.165) is 37.7 Å². The van der Waals surface area contributed by atoms with Crippen molar-refractivity contribution in [3.63, 3.8) is 0 Å². The molecular formula is C28H40N4O6S2. The van der Waals surface area contributed by atoms with Gasteiger partial charge in [0.15, 0.2) is 0 Å². The number of carbonyl (C=O) groups is 1. The fourth-order valence-electron chi connectivity index (χ4n) is 4.87. The second-order valence-electron chi connectivity index (χ2n) is 11.4. The fourth-order valence-corrected chi connectivity index (χ4v) is 7.21. The van der Waals surface area contributed by atoms with Gasteiger partial charge in [-0.3, -0.25) is 4.72 Å². The summed E-state index contributed by atoms with van der Waals surface area (Å²) in [6.45, 7) is 8.60. The minimum atomic E-state index is -4.00. The predicted octanol–water partition coefficient (Wildman–Crippen LogP) is 4.40. The summed E-state index contributed by atoms with van der Waals surface area (Å²) >= 11 is 0. The van der Waals surface area contributed by atoms with Gasteiger partial charge in [-0.2, -0.15) is 0 Å². The Bertz CT molecular complexity index is 1370. The second kappa shape index (κ2) is 12.4. The van der Waals surface area contributed by atoms with Crippen LogP contribution >= 0.6 is 0 Å². The minimum Gasteiger partial charge on any atom is -0.444 e. The number of carbonyl (C=O) groups excluding carboxylic acids is 1. The molecule has 0 aliphatic carbocycles. The van der Waals surface area contributed by atoms with Crippen LogP contribution in [0.25, 0.3) is 0 Å². The maximum absolute atomic E-state index is 13.1. The monoisotopic (exact) mass is 592 g/mol. The van der Waals surface area contributed by atoms with Crippen molar-refractivity contribution in [1.29, 1.82) is 0 Å². The molecule has 2 aliphatic heterocycles. The predicted molar refractivity (Wildman–Crippen MR) is 155 cm³/mol. The van der Waals surface area contributed by atoms with E-state index in [9.17, 15) is 21.6 Å². The molecule has 220 valence electrons. The molecule has 2 fully saturated rings. The molecule has 2 heterocycles. The van der Waals surface area contributed by atoms with Crippen LogP contribution in [-0.4, -0.2) is 66.2 Å². The minimum absolute atomic E-state index is 0.0509. The molecule has 0 bridgehead atoms. The van der Waals surface area contributed by atoms with Crippen LogP contribution in [0, 0.1) is 5.92 Å². The molecule has 12 heteroatoms. The molecule has 2 aliphatic rings. The van der Waals surface area contributed by atoms with Crippen molar-refractivity contribution >= 4 is 37.5 Å². The Hall–Kier alpha value is -2.83. The van der Waals surface area contributed by atoms with Crippen molar-refractivity contribution in [2.45, 2.75) is 68.3 Å². The first-order valence-electron chi connectivity index (χ1n) is 13.8. The Morgan fingerprint density at radius 1 is 0.875 bits per heavy atom. The summed E-state index contributed by atoms with van der Waals surface area (Å²) in [7, 11) is -7.94. The van der Waals surface area contributed by atoms with E-state index in [2.05, 4.69) is 14.3 Å². The van der Waals surface area contributed by atoms with E-state index in [-0.39, 0.29) is 28.3 Å². The van der Waals surface area contributed by atoms with Gasteiger partial charge in [-0.15, -0.1) is 0 Å². The number of piperidine rings is 2. The van der Waals surface area contributed by atoms with E-state index in [4.69, 9.17) is 4.74 Å². The third kappa shape index (κ3) is 8.11. The summed E-state index contributed by atoms with van der Waals surface area (Å²) < 4.78 is 62.7. The van der Waals surface area contributed by atoms with E-state index < -0.39 is 25.6 Å². The molecule has 0 radical (unpaired) electrons. The van der Waals surface area contributed by atoms with Gasteiger partial charge in [0, 0.05) is 44.1 Å². The lowest BCUT2D eigenvalue weighted by molar-refractivity contribution is 0.0185. The molecule has 2 N–H and O–H groups in total. The van der Waals surface area contributed by atoms with E-state index in [1.165, 1.54) is 24.6 Å². The summed E-state index contributed by atoms with van der Waals surface area (Å²) in [5.74, 6) is 0.0509. The first-order valence-corrected chi connectivity index (χ1v) is 16.7. The van der Waals surface area contributed by atoms with Gasteiger partial charge in [-0.05, 0) is 101 Å². The number of amides is 1. The van der Waals surface area contributed by atoms with E-state index in [0.29, 0.717) is 31.6 Å². The molecule has 0 aromatic heterocycles. The number of hydrogen-bond donors (Lipinski definition) is 2. The van der Waals surface area contributed by atoms with Crippen LogP contribution in [0.3, 0.4) is 0 Å². The summed E-state index contributed by atoms with van der Waals surface area (Å²) in [5.41, 5.74) is 0.890. The number of likely N-dealkylation sites (tertiary alicyclic amines) is 1. The Morgan fingerprint density at radius 2 is 1.48 bits per heavy atom. The zero-order chi connectivity index (χ0) is 29.0. The van der Waals surface area contributed by atoms with Crippen molar-refractivity contribution < 1.29 is 26.4 Å². The summed E-state index contributed by atoms with van der Waals surface area (Å²) in [4.78, 5) is 15.9. The fraction of sp³-hybridized carbons (Fsp3) is 0.536. The standard InChI is InChI=1S/C28H40N4O6S2/c1-28(2,3)38-27(33)32-18-14-22(15-19-32)21-29-39(34,35)25-8-7-9-26(20-25)40(36,37)30-23-10-12-24(13-11-23)31-16-5-4-6-17-31/h7-13,20,22,29-30H,4-6,14-19,21H2,1-3H3. The van der Waals surface area contributed by atoms with Crippen molar-refractivity contribution in [2.75, 3.05) is 42.3 Å². The van der Waals surface area contributed by atoms with Crippen molar-refractivity contribution in [1.82, 2.24) is 9.62 Å². The van der Waals surface area contributed by atoms with Crippen molar-refractivity contribution in [3.8, 4) is 0 Å². The van der Waals surface area contributed by atoms with Gasteiger partial charge in [-0.25, -0.2) is 26.4 Å². The van der Waals surface area contributed by atoms with Gasteiger partial charge in [0.2, 0.25) is 10.0 Å².